The summed E-state index contributed by atoms with van der Waals surface area (Å²) in [6.07, 6.45) is 1.81. The molecule has 0 radical (unpaired) electrons. The van der Waals surface area contributed by atoms with E-state index in [0.29, 0.717) is 0 Å². The molecule has 0 unspecified atom stereocenters. The number of hydrogen-bond acceptors (Lipinski definition) is 5. The monoisotopic (exact) mass is 431 g/mol. The molecule has 0 atom stereocenters. The Morgan fingerprint density at radius 2 is 1.92 bits per heavy atom. The second-order valence-electron chi connectivity index (χ2n) is 5.27. The lowest BCUT2D eigenvalue weighted by molar-refractivity contribution is 0.404. The third kappa shape index (κ3) is 3.73. The topological polar surface area (TPSA) is 48.1 Å². The van der Waals surface area contributed by atoms with Crippen LogP contribution >= 0.6 is 27.3 Å². The molecule has 3 aromatic rings. The van der Waals surface area contributed by atoms with Gasteiger partial charge in [-0.3, -0.25) is 4.99 Å². The summed E-state index contributed by atoms with van der Waals surface area (Å²) >= 11 is 5.06. The van der Waals surface area contributed by atoms with Gasteiger partial charge in [0.1, 0.15) is 11.5 Å². The highest BCUT2D eigenvalue weighted by atomic mass is 79.9. The average Bonchev–Trinajstić information content (AvgIpc) is 3.09. The van der Waals surface area contributed by atoms with Crippen LogP contribution in [-0.2, 0) is 0 Å². The van der Waals surface area contributed by atoms with Crippen LogP contribution in [0.15, 0.2) is 62.4 Å². The van der Waals surface area contributed by atoms with E-state index >= 15 is 0 Å². The number of benzene rings is 2. The molecule has 0 N–H and O–H groups in total. The van der Waals surface area contributed by atoms with Crippen molar-refractivity contribution in [3.8, 4) is 22.8 Å². The molecule has 26 heavy (non-hydrogen) atoms. The van der Waals surface area contributed by atoms with Gasteiger partial charge in [-0.2, -0.15) is 5.10 Å². The van der Waals surface area contributed by atoms with Gasteiger partial charge in [-0.25, -0.2) is 4.68 Å². The van der Waals surface area contributed by atoms with Crippen molar-refractivity contribution >= 4 is 33.5 Å². The highest BCUT2D eigenvalue weighted by Gasteiger charge is 2.13. The minimum absolute atomic E-state index is 0.746. The molecule has 0 aliphatic carbocycles. The molecule has 5 nitrogen and oxygen atoms in total. The molecule has 3 rings (SSSR count). The van der Waals surface area contributed by atoms with Gasteiger partial charge in [-0.15, -0.1) is 11.3 Å². The Kier molecular flexibility index (Phi) is 5.90. The number of aromatic nitrogens is 1. The molecular formula is C19H18BrN3O2S. The van der Waals surface area contributed by atoms with Crippen LogP contribution in [-0.4, -0.2) is 32.2 Å². The summed E-state index contributed by atoms with van der Waals surface area (Å²) in [7, 11) is 5.05. The fourth-order valence-corrected chi connectivity index (χ4v) is 3.64. The average molecular weight is 432 g/mol. The summed E-state index contributed by atoms with van der Waals surface area (Å²) in [6.45, 7) is 0. The Hall–Kier alpha value is -2.38. The number of hydrogen-bond donors (Lipinski definition) is 0. The molecule has 0 aliphatic heterocycles. The Morgan fingerprint density at radius 3 is 2.62 bits per heavy atom. The van der Waals surface area contributed by atoms with Crippen molar-refractivity contribution in [3.05, 3.63) is 62.7 Å². The van der Waals surface area contributed by atoms with Gasteiger partial charge in [-0.05, 0) is 24.3 Å². The molecule has 0 aliphatic rings. The maximum absolute atomic E-state index is 5.52. The predicted molar refractivity (Wildman–Crippen MR) is 109 cm³/mol. The molecule has 0 saturated carbocycles. The lowest BCUT2D eigenvalue weighted by Crippen LogP contribution is -2.12. The van der Waals surface area contributed by atoms with Gasteiger partial charge in [0.05, 0.1) is 26.1 Å². The van der Waals surface area contributed by atoms with Crippen LogP contribution in [0.5, 0.6) is 11.5 Å². The van der Waals surface area contributed by atoms with Crippen molar-refractivity contribution in [3.63, 3.8) is 0 Å². The Balaban J connectivity index is 2.14. The van der Waals surface area contributed by atoms with Crippen molar-refractivity contribution in [2.45, 2.75) is 0 Å². The third-order valence-corrected chi connectivity index (χ3v) is 5.41. The summed E-state index contributed by atoms with van der Waals surface area (Å²) in [6, 6.07) is 13.6. The standard InChI is InChI=1S/C19H18BrN3O2S/c1-21-19-23(22-11-13-6-4-5-7-16(13)20)17(12-26-19)15-10-14(24-2)8-9-18(15)25-3/h4-12H,1-3H3. The van der Waals surface area contributed by atoms with Crippen molar-refractivity contribution < 1.29 is 9.47 Å². The van der Waals surface area contributed by atoms with E-state index in [9.17, 15) is 0 Å². The zero-order valence-corrected chi connectivity index (χ0v) is 17.0. The molecule has 1 aromatic heterocycles. The summed E-state index contributed by atoms with van der Waals surface area (Å²) < 4.78 is 13.7. The zero-order chi connectivity index (χ0) is 18.5. The molecule has 0 spiro atoms. The predicted octanol–water partition coefficient (Wildman–Crippen LogP) is 4.41. The molecule has 0 fully saturated rings. The second kappa shape index (κ2) is 8.33. The Morgan fingerprint density at radius 1 is 1.12 bits per heavy atom. The van der Waals surface area contributed by atoms with Crippen molar-refractivity contribution in [2.75, 3.05) is 21.3 Å². The van der Waals surface area contributed by atoms with Crippen LogP contribution in [0.1, 0.15) is 5.56 Å². The fraction of sp³-hybridized carbons (Fsp3) is 0.158. The van der Waals surface area contributed by atoms with E-state index in [-0.39, 0.29) is 0 Å². The molecule has 2 aromatic carbocycles. The summed E-state index contributed by atoms with van der Waals surface area (Å²) in [5.74, 6) is 1.50. The van der Waals surface area contributed by atoms with Crippen LogP contribution in [0.25, 0.3) is 11.3 Å². The summed E-state index contributed by atoms with van der Waals surface area (Å²) in [5.41, 5.74) is 2.76. The molecule has 1 heterocycles. The number of halogens is 1. The minimum Gasteiger partial charge on any atom is -0.497 e. The van der Waals surface area contributed by atoms with E-state index in [4.69, 9.17) is 9.47 Å². The van der Waals surface area contributed by atoms with Crippen LogP contribution in [0, 0.1) is 0 Å². The van der Waals surface area contributed by atoms with Crippen molar-refractivity contribution in [1.82, 2.24) is 4.68 Å². The quantitative estimate of drug-likeness (QED) is 0.561. The van der Waals surface area contributed by atoms with E-state index in [2.05, 4.69) is 26.0 Å². The van der Waals surface area contributed by atoms with Crippen LogP contribution in [0.4, 0.5) is 0 Å². The van der Waals surface area contributed by atoms with E-state index in [0.717, 1.165) is 37.6 Å². The smallest absolute Gasteiger partial charge is 0.205 e. The summed E-state index contributed by atoms with van der Waals surface area (Å²) in [4.78, 5) is 5.12. The van der Waals surface area contributed by atoms with Gasteiger partial charge in [0.15, 0.2) is 0 Å². The zero-order valence-electron chi connectivity index (χ0n) is 14.6. The molecule has 0 saturated heterocycles. The molecule has 0 bridgehead atoms. The maximum Gasteiger partial charge on any atom is 0.205 e. The first kappa shape index (κ1) is 18.4. The van der Waals surface area contributed by atoms with Crippen LogP contribution < -0.4 is 14.3 Å². The maximum atomic E-state index is 5.52. The van der Waals surface area contributed by atoms with Crippen molar-refractivity contribution in [2.24, 2.45) is 10.1 Å². The number of rotatable bonds is 5. The van der Waals surface area contributed by atoms with Crippen LogP contribution in [0.3, 0.4) is 0 Å². The highest BCUT2D eigenvalue weighted by molar-refractivity contribution is 9.10. The van der Waals surface area contributed by atoms with E-state index < -0.39 is 0 Å². The number of thiazole rings is 1. The van der Waals surface area contributed by atoms with Gasteiger partial charge < -0.3 is 9.47 Å². The Bertz CT molecular complexity index is 1010. The van der Waals surface area contributed by atoms with E-state index in [1.54, 1.807) is 25.9 Å². The first-order chi connectivity index (χ1) is 12.7. The number of methoxy groups -OCH3 is 2. The van der Waals surface area contributed by atoms with Gasteiger partial charge in [0.25, 0.3) is 0 Å². The van der Waals surface area contributed by atoms with Gasteiger partial charge in [0, 0.05) is 28.0 Å². The fourth-order valence-electron chi connectivity index (χ4n) is 2.46. The molecule has 0 amide bonds. The molecular weight excluding hydrogens is 414 g/mol. The normalized spacial score (nSPS) is 11.9. The lowest BCUT2D eigenvalue weighted by atomic mass is 10.1. The molecule has 134 valence electrons. The first-order valence-corrected chi connectivity index (χ1v) is 9.50. The number of ether oxygens (including phenoxy) is 2. The second-order valence-corrected chi connectivity index (χ2v) is 6.96. The van der Waals surface area contributed by atoms with E-state index in [1.165, 1.54) is 11.3 Å². The largest absolute Gasteiger partial charge is 0.497 e. The van der Waals surface area contributed by atoms with Gasteiger partial charge >= 0.3 is 0 Å². The third-order valence-electron chi connectivity index (χ3n) is 3.78. The minimum atomic E-state index is 0.746. The van der Waals surface area contributed by atoms with E-state index in [1.807, 2.05) is 54.1 Å². The number of nitrogens with zero attached hydrogens (tertiary/aromatic N) is 3. The highest BCUT2D eigenvalue weighted by Crippen LogP contribution is 2.33. The lowest BCUT2D eigenvalue weighted by Gasteiger charge is -2.11. The molecule has 7 heteroatoms. The SMILES string of the molecule is CN=c1scc(-c2cc(OC)ccc2OC)n1N=Cc1ccccc1Br. The van der Waals surface area contributed by atoms with Gasteiger partial charge in [0.2, 0.25) is 4.80 Å². The Labute approximate surface area is 164 Å². The van der Waals surface area contributed by atoms with Gasteiger partial charge in [-0.1, -0.05) is 34.1 Å². The van der Waals surface area contributed by atoms with Crippen LogP contribution in [0.2, 0.25) is 0 Å². The summed E-state index contributed by atoms with van der Waals surface area (Å²) in [5, 5.41) is 6.67. The first-order valence-electron chi connectivity index (χ1n) is 7.82. The van der Waals surface area contributed by atoms with Crippen molar-refractivity contribution in [1.29, 1.82) is 0 Å².